The molecule has 0 aliphatic carbocycles. The van der Waals surface area contributed by atoms with Gasteiger partial charge in [-0.3, -0.25) is 0 Å². The fraction of sp³-hybridized carbons (Fsp3) is 0.250. The summed E-state index contributed by atoms with van der Waals surface area (Å²) in [5.74, 6) is 2.33. The van der Waals surface area contributed by atoms with Crippen molar-refractivity contribution in [3.8, 4) is 23.0 Å². The molecule has 0 saturated heterocycles. The van der Waals surface area contributed by atoms with Gasteiger partial charge in [-0.25, -0.2) is 4.79 Å². The Bertz CT molecular complexity index is 1130. The van der Waals surface area contributed by atoms with Crippen molar-refractivity contribution >= 4 is 5.97 Å². The van der Waals surface area contributed by atoms with E-state index in [1.807, 2.05) is 24.3 Å². The van der Waals surface area contributed by atoms with Crippen molar-refractivity contribution in [2.45, 2.75) is 31.6 Å². The monoisotopic (exact) mass is 460 g/mol. The molecule has 0 saturated carbocycles. The number of carboxylic acid groups (broad SMARTS) is 1. The fourth-order valence-corrected chi connectivity index (χ4v) is 3.96. The Morgan fingerprint density at radius 3 is 2.29 bits per heavy atom. The highest BCUT2D eigenvalue weighted by atomic mass is 16.5. The van der Waals surface area contributed by atoms with Gasteiger partial charge < -0.3 is 24.4 Å². The van der Waals surface area contributed by atoms with E-state index in [-0.39, 0.29) is 17.2 Å². The Kier molecular flexibility index (Phi) is 7.38. The van der Waals surface area contributed by atoms with Crippen molar-refractivity contribution in [3.63, 3.8) is 0 Å². The Balaban J connectivity index is 1.18. The Hall–Kier alpha value is -3.93. The van der Waals surface area contributed by atoms with E-state index in [1.54, 1.807) is 12.1 Å². The van der Waals surface area contributed by atoms with Gasteiger partial charge in [0.25, 0.3) is 0 Å². The van der Waals surface area contributed by atoms with E-state index >= 15 is 0 Å². The van der Waals surface area contributed by atoms with Crippen molar-refractivity contribution < 1.29 is 29.2 Å². The second kappa shape index (κ2) is 10.8. The lowest BCUT2D eigenvalue weighted by molar-refractivity contribution is 0.0697. The van der Waals surface area contributed by atoms with Crippen molar-refractivity contribution in [2.24, 2.45) is 0 Å². The molecular weight excluding hydrogens is 432 g/mol. The average molecular weight is 461 g/mol. The van der Waals surface area contributed by atoms with Crippen molar-refractivity contribution in [3.05, 3.63) is 95.8 Å². The third-order valence-corrected chi connectivity index (χ3v) is 5.73. The Labute approximate surface area is 199 Å². The molecule has 1 aliphatic rings. The molecule has 0 radical (unpaired) electrons. The summed E-state index contributed by atoms with van der Waals surface area (Å²) in [5.41, 5.74) is 2.60. The SMILES string of the molecule is C=C(O)CC1COc2cc(CCCCOc3ccc(Oc4ccc(C(=O)O)cc4)cc3)ccc21. The average Bonchev–Trinajstić information content (AvgIpc) is 3.21. The number of hydrogen-bond acceptors (Lipinski definition) is 5. The number of hydrogen-bond donors (Lipinski definition) is 2. The van der Waals surface area contributed by atoms with E-state index < -0.39 is 5.97 Å². The molecule has 3 aromatic carbocycles. The van der Waals surface area contributed by atoms with Crippen LogP contribution >= 0.6 is 0 Å². The van der Waals surface area contributed by atoms with Crippen LogP contribution in [0.15, 0.2) is 79.1 Å². The molecule has 1 unspecified atom stereocenters. The number of rotatable bonds is 11. The first-order valence-electron chi connectivity index (χ1n) is 11.3. The molecule has 0 amide bonds. The maximum absolute atomic E-state index is 10.9. The lowest BCUT2D eigenvalue weighted by atomic mass is 9.95. The summed E-state index contributed by atoms with van der Waals surface area (Å²) < 4.78 is 17.4. The molecule has 0 fully saturated rings. The highest BCUT2D eigenvalue weighted by Gasteiger charge is 2.24. The van der Waals surface area contributed by atoms with Crippen LogP contribution in [0.5, 0.6) is 23.0 Å². The van der Waals surface area contributed by atoms with Gasteiger partial charge >= 0.3 is 5.97 Å². The standard InChI is InChI=1S/C28H28O6/c1-19(29)16-22-18-33-27-17-20(5-14-26(22)27)4-2-3-15-32-23-10-12-25(13-11-23)34-24-8-6-21(7-9-24)28(30)31/h5-14,17,22,29H,1-4,15-16,18H2,(H,30,31). The smallest absolute Gasteiger partial charge is 0.335 e. The van der Waals surface area contributed by atoms with E-state index in [0.29, 0.717) is 31.1 Å². The predicted octanol–water partition coefficient (Wildman–Crippen LogP) is 6.52. The minimum Gasteiger partial charge on any atom is -0.513 e. The van der Waals surface area contributed by atoms with Gasteiger partial charge in [0.15, 0.2) is 0 Å². The molecule has 0 bridgehead atoms. The molecular formula is C28H28O6. The zero-order chi connectivity index (χ0) is 23.9. The second-order valence-corrected chi connectivity index (χ2v) is 8.36. The van der Waals surface area contributed by atoms with Crippen LogP contribution in [0, 0.1) is 0 Å². The number of fused-ring (bicyclic) bond motifs is 1. The molecule has 34 heavy (non-hydrogen) atoms. The van der Waals surface area contributed by atoms with Crippen LogP contribution in [-0.4, -0.2) is 29.4 Å². The normalized spacial score (nSPS) is 14.2. The van der Waals surface area contributed by atoms with Crippen LogP contribution in [0.1, 0.15) is 46.7 Å². The van der Waals surface area contributed by atoms with Gasteiger partial charge in [0.1, 0.15) is 23.0 Å². The first-order valence-corrected chi connectivity index (χ1v) is 11.3. The summed E-state index contributed by atoms with van der Waals surface area (Å²) in [6.07, 6.45) is 3.42. The number of aliphatic hydroxyl groups excluding tert-OH is 1. The number of ether oxygens (including phenoxy) is 3. The lowest BCUT2D eigenvalue weighted by Gasteiger charge is -2.09. The van der Waals surface area contributed by atoms with Gasteiger partial charge in [0, 0.05) is 17.9 Å². The number of benzene rings is 3. The second-order valence-electron chi connectivity index (χ2n) is 8.36. The van der Waals surface area contributed by atoms with E-state index in [9.17, 15) is 9.90 Å². The number of aromatic carboxylic acids is 1. The summed E-state index contributed by atoms with van der Waals surface area (Å²) in [7, 11) is 0. The minimum atomic E-state index is -0.964. The maximum Gasteiger partial charge on any atom is 0.335 e. The number of aliphatic hydroxyl groups is 1. The molecule has 176 valence electrons. The zero-order valence-electron chi connectivity index (χ0n) is 18.9. The van der Waals surface area contributed by atoms with Gasteiger partial charge in [-0.1, -0.05) is 18.7 Å². The largest absolute Gasteiger partial charge is 0.513 e. The molecule has 4 rings (SSSR count). The highest BCUT2D eigenvalue weighted by molar-refractivity contribution is 5.87. The number of unbranched alkanes of at least 4 members (excludes halogenated alkanes) is 1. The third-order valence-electron chi connectivity index (χ3n) is 5.73. The summed E-state index contributed by atoms with van der Waals surface area (Å²) >= 11 is 0. The first kappa shape index (κ1) is 23.2. The quantitative estimate of drug-likeness (QED) is 0.250. The maximum atomic E-state index is 10.9. The van der Waals surface area contributed by atoms with Gasteiger partial charge in [0.05, 0.1) is 24.5 Å². The zero-order valence-corrected chi connectivity index (χ0v) is 18.9. The van der Waals surface area contributed by atoms with Crippen LogP contribution in [-0.2, 0) is 6.42 Å². The molecule has 6 nitrogen and oxygen atoms in total. The summed E-state index contributed by atoms with van der Waals surface area (Å²) in [5, 5.41) is 18.4. The molecule has 1 atom stereocenters. The lowest BCUT2D eigenvalue weighted by Crippen LogP contribution is -2.01. The topological polar surface area (TPSA) is 85.2 Å². The molecule has 3 aromatic rings. The van der Waals surface area contributed by atoms with Crippen molar-refractivity contribution in [2.75, 3.05) is 13.2 Å². The van der Waals surface area contributed by atoms with Crippen molar-refractivity contribution in [1.82, 2.24) is 0 Å². The van der Waals surface area contributed by atoms with Crippen LogP contribution in [0.2, 0.25) is 0 Å². The molecule has 2 N–H and O–H groups in total. The predicted molar refractivity (Wildman–Crippen MR) is 129 cm³/mol. The van der Waals surface area contributed by atoms with Gasteiger partial charge in [-0.05, 0) is 79.4 Å². The number of allylic oxidation sites excluding steroid dienone is 1. The van der Waals surface area contributed by atoms with Gasteiger partial charge in [-0.2, -0.15) is 0 Å². The number of aryl methyl sites for hydroxylation is 1. The van der Waals surface area contributed by atoms with E-state index in [1.165, 1.54) is 17.7 Å². The number of carbonyl (C=O) groups is 1. The Morgan fingerprint density at radius 2 is 1.62 bits per heavy atom. The van der Waals surface area contributed by atoms with Gasteiger partial charge in [0.2, 0.25) is 0 Å². The molecule has 1 aliphatic heterocycles. The fourth-order valence-electron chi connectivity index (χ4n) is 3.96. The number of carboxylic acids is 1. The van der Waals surface area contributed by atoms with Crippen LogP contribution in [0.4, 0.5) is 0 Å². The van der Waals surface area contributed by atoms with Crippen LogP contribution in [0.25, 0.3) is 0 Å². The van der Waals surface area contributed by atoms with E-state index in [0.717, 1.165) is 36.3 Å². The molecule has 1 heterocycles. The summed E-state index contributed by atoms with van der Waals surface area (Å²) in [6, 6.07) is 20.0. The third kappa shape index (κ3) is 6.10. The summed E-state index contributed by atoms with van der Waals surface area (Å²) in [6.45, 7) is 4.80. The van der Waals surface area contributed by atoms with Gasteiger partial charge in [-0.15, -0.1) is 0 Å². The summed E-state index contributed by atoms with van der Waals surface area (Å²) in [4.78, 5) is 10.9. The van der Waals surface area contributed by atoms with Crippen LogP contribution < -0.4 is 14.2 Å². The minimum absolute atomic E-state index is 0.184. The van der Waals surface area contributed by atoms with E-state index in [2.05, 4.69) is 24.8 Å². The molecule has 0 aromatic heterocycles. The highest BCUT2D eigenvalue weighted by Crippen LogP contribution is 2.37. The molecule has 6 heteroatoms. The van der Waals surface area contributed by atoms with Crippen molar-refractivity contribution in [1.29, 1.82) is 0 Å². The molecule has 0 spiro atoms. The Morgan fingerprint density at radius 1 is 0.941 bits per heavy atom. The van der Waals surface area contributed by atoms with Crippen LogP contribution in [0.3, 0.4) is 0 Å². The first-order chi connectivity index (χ1) is 16.5. The van der Waals surface area contributed by atoms with E-state index in [4.69, 9.17) is 19.3 Å².